The molecule has 18 atom stereocenters. The van der Waals surface area contributed by atoms with Gasteiger partial charge in [0.25, 0.3) is 0 Å². The molecule has 0 aliphatic carbocycles. The van der Waals surface area contributed by atoms with E-state index in [0.29, 0.717) is 30.3 Å². The number of nitrogens with one attached hydrogen (secondary N) is 4. The number of aliphatic hydroxyl groups excluding tert-OH is 6. The molecule has 656 valence electrons. The van der Waals surface area contributed by atoms with E-state index in [-0.39, 0.29) is 79.2 Å². The van der Waals surface area contributed by atoms with Crippen molar-refractivity contribution >= 4 is 69.9 Å². The number of aromatic hydroxyl groups is 3. The molecule has 17 N–H and O–H groups in total. The Morgan fingerprint density at radius 1 is 0.692 bits per heavy atom. The number of hydrogen-bond donors (Lipinski definition) is 15. The second-order valence-corrected chi connectivity index (χ2v) is 35.4. The molecule has 31 heteroatoms. The van der Waals surface area contributed by atoms with Gasteiger partial charge in [-0.05, 0) is 134 Å². The average molecular weight is 1710 g/mol. The average Bonchev–Trinajstić information content (AvgIpc) is 0.765. The van der Waals surface area contributed by atoms with Crippen LogP contribution in [0.25, 0.3) is 11.1 Å². The number of phenolic OH excluding ortho intramolecular Hbond substituents is 3. The first-order chi connectivity index (χ1) is 56.9. The van der Waals surface area contributed by atoms with Crippen LogP contribution in [0.4, 0.5) is 0 Å². The molecule has 5 aromatic carbocycles. The third-order valence-corrected chi connectivity index (χ3v) is 24.3. The molecule has 12 rings (SSSR count). The molecule has 120 heavy (non-hydrogen) atoms. The Morgan fingerprint density at radius 2 is 1.28 bits per heavy atom. The Balaban J connectivity index is 1.11. The summed E-state index contributed by atoms with van der Waals surface area (Å²) in [5.41, 5.74) is 9.52. The number of ketones is 3. The van der Waals surface area contributed by atoms with Gasteiger partial charge in [-0.1, -0.05) is 133 Å². The number of rotatable bonds is 30. The number of primary amides is 1. The van der Waals surface area contributed by atoms with Crippen molar-refractivity contribution in [1.82, 2.24) is 16.0 Å². The summed E-state index contributed by atoms with van der Waals surface area (Å²) in [4.78, 5) is 105. The van der Waals surface area contributed by atoms with E-state index in [0.717, 1.165) is 37.9 Å². The maximum Gasteiger partial charge on any atom is 0.230 e. The highest BCUT2D eigenvalue weighted by atomic mass is 35.5. The highest BCUT2D eigenvalue weighted by Crippen LogP contribution is 2.51. The standard InChI is InChI=1S/C89H119Cl2N7O22/c1-9-10-11-12-13-14-15-16-17-18-19-21-30-98(7,8)31-22-20-23-63(102)76-57-40-54(100)41-65(104)74(57)56-33-49(24-27-62(56)101)55-42-61(92)75-52-37-69(116-67-28-25-50(34-59(67)90)78(107)58(43-64(55)103)87(114)96-76)82(120-88-83(81(110)80(109)71(45-99)118-88)119-73-44-89(6,94)84(111)48(5)115-73)70(38-52)117-68-29-26-51(35-60(68)91)79(108)77(97-85(112)47(4)32-46(2)3)66(105)36-53(39-72(93)106)86(113)95-75/h24-29,33-35,37-38,40-41,46-48,53,55,58,71,73,75-81,83-84,88,92,99,107-111H,9-23,30-32,36,39,42-45,94H2,1-8H3,(H7-,93,95,96,97,100,101,104,106,112,113,114)/p+1/t47?,48?,53?,55?,58?,71?,73?,75?,76?,77?,78?,79-,80?,81?,83?,84?,88?,89?/m0/s1. The van der Waals surface area contributed by atoms with E-state index in [1.165, 1.54) is 131 Å². The predicted molar refractivity (Wildman–Crippen MR) is 446 cm³/mol. The molecule has 7 aliphatic heterocycles. The molecule has 7 heterocycles. The van der Waals surface area contributed by atoms with Crippen LogP contribution in [0.1, 0.15) is 234 Å². The fourth-order valence-corrected chi connectivity index (χ4v) is 17.4. The molecule has 0 spiro atoms. The summed E-state index contributed by atoms with van der Waals surface area (Å²) < 4.78 is 39.8. The van der Waals surface area contributed by atoms with Crippen LogP contribution in [0.2, 0.25) is 10.0 Å². The molecule has 0 saturated carbocycles. The molecule has 7 aliphatic rings. The first kappa shape index (κ1) is 93.9. The summed E-state index contributed by atoms with van der Waals surface area (Å²) in [6.45, 7) is 11.4. The molecule has 4 amide bonds. The van der Waals surface area contributed by atoms with Gasteiger partial charge >= 0.3 is 0 Å². The van der Waals surface area contributed by atoms with E-state index in [1.54, 1.807) is 13.8 Å². The van der Waals surface area contributed by atoms with Crippen LogP contribution in [0.5, 0.6) is 46.0 Å². The van der Waals surface area contributed by atoms with Gasteiger partial charge < -0.3 is 112 Å². The van der Waals surface area contributed by atoms with Crippen LogP contribution in [-0.2, 0) is 47.8 Å². The predicted octanol–water partition coefficient (Wildman–Crippen LogP) is 11.1. The number of benzene rings is 5. The highest BCUT2D eigenvalue weighted by Gasteiger charge is 2.52. The highest BCUT2D eigenvalue weighted by molar-refractivity contribution is 6.32. The number of unbranched alkanes of at least 4 members (excludes halogenated alkanes) is 12. The van der Waals surface area contributed by atoms with E-state index in [9.17, 15) is 61.0 Å². The van der Waals surface area contributed by atoms with Gasteiger partial charge in [-0.15, -0.1) is 0 Å². The fourth-order valence-electron chi connectivity index (χ4n) is 16.9. The number of phenols is 3. The SMILES string of the molecule is CCCCCCCCCCCCCC[N+](C)(C)CCCCC(=O)C1NC(=O)C2CC(=O)C(CC(=N)C3NC(=O)C(CC(N)=O)CC(=O)C(NC(=O)C(C)CC(C)C)[C@@H](O)c4ccc(c(Cl)c4)Oc4cc3cc(c4OC3OC(CO)C(O)C(O)C3OC3CC(C)(N)C(O)C(C)O3)Oc3ccc(cc3Cl)C2O)c2ccc(O)c(c2)-c2c(O)cc(O)cc21. The lowest BCUT2D eigenvalue weighted by molar-refractivity contribution is -0.890. The van der Waals surface area contributed by atoms with Gasteiger partial charge in [-0.3, -0.25) is 33.6 Å². The summed E-state index contributed by atoms with van der Waals surface area (Å²) in [5, 5.41) is 125. The van der Waals surface area contributed by atoms with E-state index in [2.05, 4.69) is 37.0 Å². The maximum absolute atomic E-state index is 16.1. The Bertz CT molecular complexity index is 4490. The van der Waals surface area contributed by atoms with E-state index in [1.807, 2.05) is 13.8 Å². The zero-order valence-electron chi connectivity index (χ0n) is 69.6. The number of aliphatic hydroxyl groups is 6. The van der Waals surface area contributed by atoms with Crippen LogP contribution in [0.3, 0.4) is 0 Å². The molecule has 5 aromatic rings. The van der Waals surface area contributed by atoms with Gasteiger partial charge in [0.1, 0.15) is 71.0 Å². The van der Waals surface area contributed by atoms with Crippen molar-refractivity contribution < 1.29 is 112 Å². The molecule has 2 saturated heterocycles. The number of quaternary nitrogens is 1. The zero-order chi connectivity index (χ0) is 87.4. The van der Waals surface area contributed by atoms with Crippen LogP contribution >= 0.6 is 23.2 Å². The molecular formula is C89H120Cl2N7O22+. The Kier molecular flexibility index (Phi) is 32.6. The molecule has 17 unspecified atom stereocenters. The number of carbonyl (C=O) groups is 7. The zero-order valence-corrected chi connectivity index (χ0v) is 71.1. The van der Waals surface area contributed by atoms with Crippen molar-refractivity contribution in [3.05, 3.63) is 117 Å². The molecular weight excluding hydrogens is 1590 g/mol. The molecule has 2 fully saturated rings. The number of halogens is 2. The van der Waals surface area contributed by atoms with Crippen molar-refractivity contribution in [2.45, 2.75) is 267 Å². The largest absolute Gasteiger partial charge is 0.508 e. The van der Waals surface area contributed by atoms with Crippen molar-refractivity contribution in [3.63, 3.8) is 0 Å². The monoisotopic (exact) mass is 1710 g/mol. The summed E-state index contributed by atoms with van der Waals surface area (Å²) in [6.07, 6.45) is -4.60. The normalized spacial score (nSPS) is 27.0. The van der Waals surface area contributed by atoms with Crippen molar-refractivity contribution in [2.24, 2.45) is 35.1 Å². The van der Waals surface area contributed by atoms with E-state index >= 15 is 24.0 Å². The minimum absolute atomic E-state index is 0.00179. The lowest BCUT2D eigenvalue weighted by atomic mass is 9.79. The summed E-state index contributed by atoms with van der Waals surface area (Å²) >= 11 is 14.5. The van der Waals surface area contributed by atoms with Gasteiger partial charge in [0.2, 0.25) is 35.7 Å². The summed E-state index contributed by atoms with van der Waals surface area (Å²) in [7, 11) is 4.27. The van der Waals surface area contributed by atoms with Crippen molar-refractivity contribution in [1.29, 1.82) is 5.41 Å². The van der Waals surface area contributed by atoms with Crippen LogP contribution < -0.4 is 41.6 Å². The lowest BCUT2D eigenvalue weighted by Gasteiger charge is -2.47. The number of nitrogens with zero attached hydrogens (tertiary/aromatic N) is 1. The van der Waals surface area contributed by atoms with Crippen LogP contribution in [0.15, 0.2) is 78.9 Å². The van der Waals surface area contributed by atoms with Crippen LogP contribution in [-0.4, -0.2) is 192 Å². The van der Waals surface area contributed by atoms with E-state index < -0.39 is 222 Å². The van der Waals surface area contributed by atoms with E-state index in [4.69, 9.17) is 63.1 Å². The lowest BCUT2D eigenvalue weighted by Crippen LogP contribution is -2.64. The smallest absolute Gasteiger partial charge is 0.230 e. The van der Waals surface area contributed by atoms with Crippen LogP contribution in [0, 0.1) is 29.1 Å². The van der Waals surface area contributed by atoms with Gasteiger partial charge in [0.05, 0.1) is 80.0 Å². The quantitative estimate of drug-likeness (QED) is 0.0150. The first-order valence-electron chi connectivity index (χ1n) is 42.0. The second-order valence-electron chi connectivity index (χ2n) is 34.6. The molecule has 0 radical (unpaired) electrons. The number of ether oxygens (including phenoxy) is 6. The third-order valence-electron chi connectivity index (χ3n) is 23.8. The van der Waals surface area contributed by atoms with Crippen molar-refractivity contribution in [2.75, 3.05) is 33.8 Å². The Hall–Kier alpha value is -8.40. The van der Waals surface area contributed by atoms with Gasteiger partial charge in [-0.2, -0.15) is 0 Å². The third kappa shape index (κ3) is 23.5. The number of carbonyl (C=O) groups excluding carboxylic acids is 7. The summed E-state index contributed by atoms with van der Waals surface area (Å²) in [5.74, 6) is -16.2. The van der Waals surface area contributed by atoms with Gasteiger partial charge in [0.15, 0.2) is 35.5 Å². The summed E-state index contributed by atoms with van der Waals surface area (Å²) in [6, 6.07) is 10.6. The maximum atomic E-state index is 16.1. The van der Waals surface area contributed by atoms with Crippen molar-refractivity contribution in [3.8, 4) is 57.1 Å². The number of amides is 4. The Labute approximate surface area is 710 Å². The van der Waals surface area contributed by atoms with Gasteiger partial charge in [0, 0.05) is 78.8 Å². The number of hydrogen-bond acceptors (Lipinski definition) is 24. The number of fused-ring (bicyclic) bond motifs is 15. The number of nitrogens with two attached hydrogens (primary N) is 2. The molecule has 0 aromatic heterocycles. The fraction of sp³-hybridized carbons (Fsp3) is 0.573. The topological polar surface area (TPSA) is 469 Å². The first-order valence-corrected chi connectivity index (χ1v) is 42.7. The molecule has 11 bridgehead atoms. The minimum atomic E-state index is -2.00. The Morgan fingerprint density at radius 3 is 1.87 bits per heavy atom. The molecule has 29 nitrogen and oxygen atoms in total. The number of Topliss-reactive ketones (excluding diaryl/α,β-unsaturated/α-hetero) is 3. The van der Waals surface area contributed by atoms with Gasteiger partial charge in [-0.25, -0.2) is 0 Å². The minimum Gasteiger partial charge on any atom is -0.508 e. The second kappa shape index (κ2) is 41.6.